The van der Waals surface area contributed by atoms with Crippen molar-refractivity contribution >= 4 is 6.29 Å². The fraction of sp³-hybridized carbons (Fsp3) is 0.125. The summed E-state index contributed by atoms with van der Waals surface area (Å²) in [5, 5.41) is 9.11. The molecule has 12 heavy (non-hydrogen) atoms. The standard InChI is InChI=1S/C8H8O3.Fe/c1-11-7-3-2-6(5-9)8(10)4-7;/h2-5,10H,1H3;. The van der Waals surface area contributed by atoms with Gasteiger partial charge in [0, 0.05) is 23.1 Å². The van der Waals surface area contributed by atoms with Gasteiger partial charge in [-0.15, -0.1) is 0 Å². The molecule has 0 atom stereocenters. The maximum Gasteiger partial charge on any atom is 0.153 e. The van der Waals surface area contributed by atoms with Crippen LogP contribution < -0.4 is 4.74 Å². The first kappa shape index (κ1) is 11.0. The van der Waals surface area contributed by atoms with Crippen LogP contribution >= 0.6 is 0 Å². The molecule has 1 aromatic rings. The van der Waals surface area contributed by atoms with Crippen molar-refractivity contribution in [1.29, 1.82) is 0 Å². The van der Waals surface area contributed by atoms with Crippen molar-refractivity contribution < 1.29 is 31.7 Å². The first-order valence-corrected chi connectivity index (χ1v) is 3.10. The van der Waals surface area contributed by atoms with Gasteiger partial charge in [-0.3, -0.25) is 4.79 Å². The molecule has 1 N–H and O–H groups in total. The zero-order valence-corrected chi connectivity index (χ0v) is 7.53. The summed E-state index contributed by atoms with van der Waals surface area (Å²) in [4.78, 5) is 10.2. The Morgan fingerprint density at radius 1 is 1.50 bits per heavy atom. The molecule has 0 saturated carbocycles. The largest absolute Gasteiger partial charge is 0.507 e. The summed E-state index contributed by atoms with van der Waals surface area (Å²) in [6, 6.07) is 4.51. The van der Waals surface area contributed by atoms with Crippen molar-refractivity contribution in [3.8, 4) is 11.5 Å². The van der Waals surface area contributed by atoms with Crippen molar-refractivity contribution in [2.75, 3.05) is 7.11 Å². The van der Waals surface area contributed by atoms with Gasteiger partial charge in [0.05, 0.1) is 12.7 Å². The van der Waals surface area contributed by atoms with Crippen LogP contribution in [0.5, 0.6) is 11.5 Å². The maximum absolute atomic E-state index is 10.2. The van der Waals surface area contributed by atoms with Crippen LogP contribution in [-0.4, -0.2) is 18.5 Å². The summed E-state index contributed by atoms with van der Waals surface area (Å²) < 4.78 is 4.82. The third-order valence-corrected chi connectivity index (χ3v) is 1.36. The van der Waals surface area contributed by atoms with E-state index in [-0.39, 0.29) is 28.4 Å². The molecule has 0 saturated heterocycles. The number of ether oxygens (including phenoxy) is 1. The van der Waals surface area contributed by atoms with Crippen LogP contribution in [0.1, 0.15) is 10.4 Å². The summed E-state index contributed by atoms with van der Waals surface area (Å²) in [6.07, 6.45) is 0.592. The van der Waals surface area contributed by atoms with E-state index in [1.807, 2.05) is 0 Å². The number of carbonyl (C=O) groups excluding carboxylic acids is 1. The Morgan fingerprint density at radius 3 is 2.58 bits per heavy atom. The van der Waals surface area contributed by atoms with Crippen LogP contribution in [-0.2, 0) is 17.1 Å². The number of hydrogen-bond acceptors (Lipinski definition) is 3. The second kappa shape index (κ2) is 4.80. The molecule has 0 unspecified atom stereocenters. The molecular weight excluding hydrogens is 200 g/mol. The molecule has 0 aliphatic heterocycles. The molecule has 3 nitrogen and oxygen atoms in total. The van der Waals surface area contributed by atoms with Gasteiger partial charge < -0.3 is 9.84 Å². The summed E-state index contributed by atoms with van der Waals surface area (Å²) in [7, 11) is 1.50. The Balaban J connectivity index is 0.00000121. The Kier molecular flexibility index (Phi) is 4.40. The monoisotopic (exact) mass is 208 g/mol. The molecule has 1 rings (SSSR count). The second-order valence-corrected chi connectivity index (χ2v) is 2.04. The van der Waals surface area contributed by atoms with Crippen molar-refractivity contribution in [3.63, 3.8) is 0 Å². The van der Waals surface area contributed by atoms with Gasteiger partial charge in [0.15, 0.2) is 6.29 Å². The molecule has 0 radical (unpaired) electrons. The second-order valence-electron chi connectivity index (χ2n) is 2.04. The smallest absolute Gasteiger partial charge is 0.153 e. The molecule has 1 aromatic carbocycles. The molecule has 0 bridgehead atoms. The molecule has 0 aromatic heterocycles. The summed E-state index contributed by atoms with van der Waals surface area (Å²) in [5.74, 6) is 0.479. The SMILES string of the molecule is COc1ccc(C=O)c(O)c1.[Fe]. The van der Waals surface area contributed by atoms with Gasteiger partial charge in [0.25, 0.3) is 0 Å². The summed E-state index contributed by atoms with van der Waals surface area (Å²) >= 11 is 0. The number of aromatic hydroxyl groups is 1. The van der Waals surface area contributed by atoms with Gasteiger partial charge in [-0.1, -0.05) is 0 Å². The van der Waals surface area contributed by atoms with Gasteiger partial charge in [-0.25, -0.2) is 0 Å². The van der Waals surface area contributed by atoms with Gasteiger partial charge in [0.1, 0.15) is 11.5 Å². The topological polar surface area (TPSA) is 46.5 Å². The van der Waals surface area contributed by atoms with E-state index in [0.717, 1.165) is 0 Å². The van der Waals surface area contributed by atoms with E-state index in [9.17, 15) is 4.79 Å². The van der Waals surface area contributed by atoms with Crippen molar-refractivity contribution in [3.05, 3.63) is 23.8 Å². The number of phenols is 1. The first-order chi connectivity index (χ1) is 5.27. The molecule has 66 valence electrons. The van der Waals surface area contributed by atoms with Gasteiger partial charge in [-0.2, -0.15) is 0 Å². The summed E-state index contributed by atoms with van der Waals surface area (Å²) in [5.41, 5.74) is 0.269. The quantitative estimate of drug-likeness (QED) is 0.586. The van der Waals surface area contributed by atoms with Crippen molar-refractivity contribution in [2.24, 2.45) is 0 Å². The van der Waals surface area contributed by atoms with Crippen molar-refractivity contribution in [2.45, 2.75) is 0 Å². The molecule has 0 amide bonds. The number of hydrogen-bond donors (Lipinski definition) is 1. The van der Waals surface area contributed by atoms with Crippen LogP contribution in [0.15, 0.2) is 18.2 Å². The molecule has 0 aliphatic rings. The number of aldehydes is 1. The number of rotatable bonds is 2. The fourth-order valence-electron chi connectivity index (χ4n) is 0.750. The number of phenolic OH excluding ortho intramolecular Hbond substituents is 1. The number of benzene rings is 1. The van der Waals surface area contributed by atoms with Crippen LogP contribution in [0.2, 0.25) is 0 Å². The van der Waals surface area contributed by atoms with E-state index >= 15 is 0 Å². The third-order valence-electron chi connectivity index (χ3n) is 1.36. The van der Waals surface area contributed by atoms with E-state index < -0.39 is 0 Å². The van der Waals surface area contributed by atoms with Crippen molar-refractivity contribution in [1.82, 2.24) is 0 Å². The zero-order chi connectivity index (χ0) is 8.27. The predicted octanol–water partition coefficient (Wildman–Crippen LogP) is 1.21. The Bertz CT molecular complexity index is 273. The molecule has 0 heterocycles. The summed E-state index contributed by atoms with van der Waals surface area (Å²) in [6.45, 7) is 0. The number of methoxy groups -OCH3 is 1. The van der Waals surface area contributed by atoms with Crippen LogP contribution in [0, 0.1) is 0 Å². The average Bonchev–Trinajstić information content (AvgIpc) is 2.04. The normalized spacial score (nSPS) is 8.42. The Labute approximate surface area is 80.8 Å². The predicted molar refractivity (Wildman–Crippen MR) is 40.0 cm³/mol. The third kappa shape index (κ3) is 2.26. The van der Waals surface area contributed by atoms with E-state index in [0.29, 0.717) is 12.0 Å². The van der Waals surface area contributed by atoms with E-state index in [4.69, 9.17) is 9.84 Å². The average molecular weight is 208 g/mol. The minimum atomic E-state index is -0.0562. The van der Waals surface area contributed by atoms with Crippen LogP contribution in [0.3, 0.4) is 0 Å². The molecule has 0 fully saturated rings. The minimum Gasteiger partial charge on any atom is -0.507 e. The Morgan fingerprint density at radius 2 is 2.17 bits per heavy atom. The van der Waals surface area contributed by atoms with Crippen LogP contribution in [0.4, 0.5) is 0 Å². The zero-order valence-electron chi connectivity index (χ0n) is 6.43. The molecular formula is C8H8FeO3. The maximum atomic E-state index is 10.2. The number of carbonyl (C=O) groups is 1. The van der Waals surface area contributed by atoms with E-state index in [1.54, 1.807) is 6.07 Å². The van der Waals surface area contributed by atoms with Crippen LogP contribution in [0.25, 0.3) is 0 Å². The molecule has 0 aliphatic carbocycles. The van der Waals surface area contributed by atoms with E-state index in [1.165, 1.54) is 19.2 Å². The van der Waals surface area contributed by atoms with Gasteiger partial charge in [0.2, 0.25) is 0 Å². The fourth-order valence-corrected chi connectivity index (χ4v) is 0.750. The van der Waals surface area contributed by atoms with Gasteiger partial charge >= 0.3 is 0 Å². The Hall–Kier alpha value is -0.991. The van der Waals surface area contributed by atoms with Gasteiger partial charge in [-0.05, 0) is 12.1 Å². The first-order valence-electron chi connectivity index (χ1n) is 3.10. The molecule has 0 spiro atoms. The minimum absolute atomic E-state index is 0. The van der Waals surface area contributed by atoms with E-state index in [2.05, 4.69) is 0 Å². The molecule has 4 heteroatoms.